The number of aromatic nitrogens is 1. The van der Waals surface area contributed by atoms with E-state index in [1.807, 2.05) is 53.4 Å². The molecule has 0 atom stereocenters. The van der Waals surface area contributed by atoms with E-state index in [-0.39, 0.29) is 10.6 Å². The Kier molecular flexibility index (Phi) is 3.05. The van der Waals surface area contributed by atoms with Gasteiger partial charge in [-0.2, -0.15) is 0 Å². The summed E-state index contributed by atoms with van der Waals surface area (Å²) in [6, 6.07) is 18.6. The molecule has 0 N–H and O–H groups in total. The standard InChI is InChI=1S/C16H12N2O2/c19-18(20)16-9-5-14(6-10-16)13-3-7-15(8-4-13)17-11-1-2-12-17/h1-12H. The number of nitro groups is 1. The Labute approximate surface area is 116 Å². The summed E-state index contributed by atoms with van der Waals surface area (Å²) in [5, 5.41) is 10.6. The van der Waals surface area contributed by atoms with Crippen molar-refractivity contribution in [2.75, 3.05) is 0 Å². The summed E-state index contributed by atoms with van der Waals surface area (Å²) in [6.07, 6.45) is 3.97. The highest BCUT2D eigenvalue weighted by atomic mass is 16.6. The van der Waals surface area contributed by atoms with Crippen molar-refractivity contribution >= 4 is 5.69 Å². The van der Waals surface area contributed by atoms with E-state index in [9.17, 15) is 10.1 Å². The number of nitrogens with zero attached hydrogens (tertiary/aromatic N) is 2. The van der Waals surface area contributed by atoms with Crippen LogP contribution in [0.2, 0.25) is 0 Å². The van der Waals surface area contributed by atoms with Crippen LogP contribution in [0.4, 0.5) is 5.69 Å². The second-order valence-corrected chi connectivity index (χ2v) is 4.44. The molecule has 0 amide bonds. The number of hydrogen-bond donors (Lipinski definition) is 0. The largest absolute Gasteiger partial charge is 0.324 e. The highest BCUT2D eigenvalue weighted by Gasteiger charge is 2.05. The molecule has 20 heavy (non-hydrogen) atoms. The van der Waals surface area contributed by atoms with Crippen LogP contribution >= 0.6 is 0 Å². The summed E-state index contributed by atoms with van der Waals surface area (Å²) < 4.78 is 2.03. The van der Waals surface area contributed by atoms with Gasteiger partial charge in [0.2, 0.25) is 0 Å². The summed E-state index contributed by atoms with van der Waals surface area (Å²) in [4.78, 5) is 10.2. The maximum absolute atomic E-state index is 10.6. The Hall–Kier alpha value is -2.88. The van der Waals surface area contributed by atoms with Crippen molar-refractivity contribution in [1.29, 1.82) is 0 Å². The molecular formula is C16H12N2O2. The zero-order valence-corrected chi connectivity index (χ0v) is 10.6. The summed E-state index contributed by atoms with van der Waals surface area (Å²) >= 11 is 0. The molecule has 3 aromatic rings. The van der Waals surface area contributed by atoms with Crippen LogP contribution < -0.4 is 0 Å². The zero-order valence-electron chi connectivity index (χ0n) is 10.6. The SMILES string of the molecule is O=[N+]([O-])c1ccc(-c2ccc(-n3cccc3)cc2)cc1. The molecule has 4 nitrogen and oxygen atoms in total. The van der Waals surface area contributed by atoms with E-state index in [1.165, 1.54) is 12.1 Å². The maximum atomic E-state index is 10.6. The van der Waals surface area contributed by atoms with Crippen molar-refractivity contribution in [3.8, 4) is 16.8 Å². The number of benzene rings is 2. The van der Waals surface area contributed by atoms with Crippen molar-refractivity contribution in [2.45, 2.75) is 0 Å². The molecule has 0 aliphatic carbocycles. The van der Waals surface area contributed by atoms with E-state index in [0.29, 0.717) is 0 Å². The van der Waals surface area contributed by atoms with Crippen LogP contribution in [0.25, 0.3) is 16.8 Å². The molecule has 4 heteroatoms. The normalized spacial score (nSPS) is 10.4. The first-order valence-corrected chi connectivity index (χ1v) is 6.22. The summed E-state index contributed by atoms with van der Waals surface area (Å²) in [5.41, 5.74) is 3.20. The average Bonchev–Trinajstić information content (AvgIpc) is 3.02. The Balaban J connectivity index is 1.89. The molecule has 0 saturated heterocycles. The van der Waals surface area contributed by atoms with Gasteiger partial charge in [-0.25, -0.2) is 0 Å². The van der Waals surface area contributed by atoms with Gasteiger partial charge < -0.3 is 4.57 Å². The van der Waals surface area contributed by atoms with E-state index >= 15 is 0 Å². The zero-order chi connectivity index (χ0) is 13.9. The van der Waals surface area contributed by atoms with Gasteiger partial charge >= 0.3 is 0 Å². The lowest BCUT2D eigenvalue weighted by atomic mass is 10.1. The first-order valence-electron chi connectivity index (χ1n) is 6.22. The quantitative estimate of drug-likeness (QED) is 0.529. The van der Waals surface area contributed by atoms with Crippen LogP contribution in [0.5, 0.6) is 0 Å². The van der Waals surface area contributed by atoms with Gasteiger partial charge in [0.15, 0.2) is 0 Å². The second kappa shape index (κ2) is 5.01. The van der Waals surface area contributed by atoms with Crippen LogP contribution in [-0.4, -0.2) is 9.49 Å². The van der Waals surface area contributed by atoms with Gasteiger partial charge in [-0.3, -0.25) is 10.1 Å². The van der Waals surface area contributed by atoms with E-state index in [4.69, 9.17) is 0 Å². The second-order valence-electron chi connectivity index (χ2n) is 4.44. The molecule has 0 radical (unpaired) electrons. The fourth-order valence-corrected chi connectivity index (χ4v) is 2.11. The van der Waals surface area contributed by atoms with Crippen molar-refractivity contribution in [3.05, 3.63) is 83.2 Å². The van der Waals surface area contributed by atoms with Gasteiger partial charge in [0.25, 0.3) is 5.69 Å². The molecule has 0 saturated carbocycles. The van der Waals surface area contributed by atoms with Crippen LogP contribution in [0.1, 0.15) is 0 Å². The summed E-state index contributed by atoms with van der Waals surface area (Å²) in [7, 11) is 0. The van der Waals surface area contributed by atoms with Crippen LogP contribution in [0.3, 0.4) is 0 Å². The molecule has 0 fully saturated rings. The molecular weight excluding hydrogens is 252 g/mol. The van der Waals surface area contributed by atoms with E-state index in [2.05, 4.69) is 0 Å². The fraction of sp³-hybridized carbons (Fsp3) is 0. The van der Waals surface area contributed by atoms with Crippen LogP contribution in [0, 0.1) is 10.1 Å². The third-order valence-corrected chi connectivity index (χ3v) is 3.18. The van der Waals surface area contributed by atoms with Gasteiger partial charge in [-0.05, 0) is 47.5 Å². The minimum atomic E-state index is -0.390. The Morgan fingerprint density at radius 3 is 1.80 bits per heavy atom. The molecule has 2 aromatic carbocycles. The van der Waals surface area contributed by atoms with Crippen LogP contribution in [-0.2, 0) is 0 Å². The number of nitro benzene ring substituents is 1. The molecule has 1 heterocycles. The predicted molar refractivity (Wildman–Crippen MR) is 77.9 cm³/mol. The minimum Gasteiger partial charge on any atom is -0.324 e. The van der Waals surface area contributed by atoms with E-state index in [1.54, 1.807) is 12.1 Å². The average molecular weight is 264 g/mol. The summed E-state index contributed by atoms with van der Waals surface area (Å²) in [5.74, 6) is 0. The predicted octanol–water partition coefficient (Wildman–Crippen LogP) is 4.05. The van der Waals surface area contributed by atoms with Crippen molar-refractivity contribution < 1.29 is 4.92 Å². The highest BCUT2D eigenvalue weighted by molar-refractivity contribution is 5.65. The van der Waals surface area contributed by atoms with Crippen molar-refractivity contribution in [2.24, 2.45) is 0 Å². The monoisotopic (exact) mass is 264 g/mol. The third-order valence-electron chi connectivity index (χ3n) is 3.18. The Morgan fingerprint density at radius 1 is 0.800 bits per heavy atom. The number of rotatable bonds is 3. The van der Waals surface area contributed by atoms with Gasteiger partial charge in [-0.15, -0.1) is 0 Å². The molecule has 0 aliphatic rings. The molecule has 1 aromatic heterocycles. The number of hydrogen-bond acceptors (Lipinski definition) is 2. The molecule has 0 aliphatic heterocycles. The van der Waals surface area contributed by atoms with E-state index < -0.39 is 0 Å². The first-order chi connectivity index (χ1) is 9.74. The molecule has 3 rings (SSSR count). The first kappa shape index (κ1) is 12.2. The van der Waals surface area contributed by atoms with E-state index in [0.717, 1.165) is 16.8 Å². The summed E-state index contributed by atoms with van der Waals surface area (Å²) in [6.45, 7) is 0. The molecule has 0 unspecified atom stereocenters. The van der Waals surface area contributed by atoms with Crippen molar-refractivity contribution in [1.82, 2.24) is 4.57 Å². The van der Waals surface area contributed by atoms with Gasteiger partial charge in [0.05, 0.1) is 4.92 Å². The lowest BCUT2D eigenvalue weighted by Gasteiger charge is -2.05. The Morgan fingerprint density at radius 2 is 1.30 bits per heavy atom. The van der Waals surface area contributed by atoms with Crippen molar-refractivity contribution in [3.63, 3.8) is 0 Å². The van der Waals surface area contributed by atoms with Gasteiger partial charge in [-0.1, -0.05) is 12.1 Å². The van der Waals surface area contributed by atoms with Gasteiger partial charge in [0.1, 0.15) is 0 Å². The fourth-order valence-electron chi connectivity index (χ4n) is 2.11. The van der Waals surface area contributed by atoms with Gasteiger partial charge in [0, 0.05) is 30.2 Å². The Bertz CT molecular complexity index is 714. The molecule has 0 spiro atoms. The number of non-ortho nitro benzene ring substituents is 1. The molecule has 0 bridgehead atoms. The van der Waals surface area contributed by atoms with Crippen LogP contribution in [0.15, 0.2) is 73.1 Å². The smallest absolute Gasteiger partial charge is 0.269 e. The maximum Gasteiger partial charge on any atom is 0.269 e. The minimum absolute atomic E-state index is 0.109. The molecule has 98 valence electrons. The lowest BCUT2D eigenvalue weighted by Crippen LogP contribution is -1.89. The topological polar surface area (TPSA) is 48.1 Å². The third kappa shape index (κ3) is 2.31. The highest BCUT2D eigenvalue weighted by Crippen LogP contribution is 2.23. The lowest BCUT2D eigenvalue weighted by molar-refractivity contribution is -0.384.